The maximum atomic E-state index is 11.9. The van der Waals surface area contributed by atoms with Gasteiger partial charge >= 0.3 is 0 Å². The summed E-state index contributed by atoms with van der Waals surface area (Å²) in [7, 11) is 1.59. The number of benzene rings is 1. The minimum absolute atomic E-state index is 0.268. The van der Waals surface area contributed by atoms with Gasteiger partial charge in [0.2, 0.25) is 0 Å². The van der Waals surface area contributed by atoms with Gasteiger partial charge in [0.25, 0.3) is 5.91 Å². The normalized spacial score (nSPS) is 10.5. The van der Waals surface area contributed by atoms with Crippen molar-refractivity contribution in [1.29, 1.82) is 0 Å². The number of halogens is 1. The minimum Gasteiger partial charge on any atom is -0.496 e. The summed E-state index contributed by atoms with van der Waals surface area (Å²) in [6.45, 7) is 0. The molecule has 2 rings (SSSR count). The average Bonchev–Trinajstić information content (AvgIpc) is 2.48. The van der Waals surface area contributed by atoms with Gasteiger partial charge in [-0.25, -0.2) is 5.43 Å². The molecular formula is C14H12IN3O2. The van der Waals surface area contributed by atoms with Gasteiger partial charge in [-0.05, 0) is 58.5 Å². The van der Waals surface area contributed by atoms with Crippen molar-refractivity contribution in [3.05, 3.63) is 57.4 Å². The maximum absolute atomic E-state index is 11.9. The minimum atomic E-state index is -0.268. The molecule has 20 heavy (non-hydrogen) atoms. The number of nitrogens with one attached hydrogen (secondary N) is 1. The van der Waals surface area contributed by atoms with Crippen LogP contribution in [0.4, 0.5) is 0 Å². The van der Waals surface area contributed by atoms with Crippen LogP contribution in [0.25, 0.3) is 0 Å². The lowest BCUT2D eigenvalue weighted by atomic mass is 10.2. The molecule has 2 aromatic rings. The summed E-state index contributed by atoms with van der Waals surface area (Å²) in [6.07, 6.45) is 4.89. The summed E-state index contributed by atoms with van der Waals surface area (Å²) in [5, 5.41) is 3.90. The summed E-state index contributed by atoms with van der Waals surface area (Å²) < 4.78 is 6.02. The lowest BCUT2D eigenvalue weighted by Gasteiger charge is -2.05. The first-order valence-corrected chi connectivity index (χ1v) is 6.85. The van der Waals surface area contributed by atoms with Gasteiger partial charge in [0.15, 0.2) is 0 Å². The Bertz CT molecular complexity index is 630. The average molecular weight is 381 g/mol. The van der Waals surface area contributed by atoms with Crippen LogP contribution in [0, 0.1) is 3.57 Å². The van der Waals surface area contributed by atoms with Gasteiger partial charge in [0.1, 0.15) is 5.75 Å². The van der Waals surface area contributed by atoms with E-state index in [0.29, 0.717) is 5.56 Å². The molecule has 0 radical (unpaired) electrons. The number of carbonyl (C=O) groups excluding carboxylic acids is 1. The molecule has 102 valence electrons. The van der Waals surface area contributed by atoms with Gasteiger partial charge in [0.05, 0.1) is 16.9 Å². The van der Waals surface area contributed by atoms with Crippen LogP contribution in [0.3, 0.4) is 0 Å². The fraction of sp³-hybridized carbons (Fsp3) is 0.0714. The van der Waals surface area contributed by atoms with Crippen molar-refractivity contribution in [2.45, 2.75) is 0 Å². The Kier molecular flexibility index (Phi) is 5.05. The molecule has 1 N–H and O–H groups in total. The zero-order valence-corrected chi connectivity index (χ0v) is 12.9. The second kappa shape index (κ2) is 6.99. The van der Waals surface area contributed by atoms with E-state index in [-0.39, 0.29) is 5.91 Å². The molecule has 5 nitrogen and oxygen atoms in total. The second-order valence-corrected chi connectivity index (χ2v) is 4.99. The number of carbonyl (C=O) groups is 1. The van der Waals surface area contributed by atoms with E-state index < -0.39 is 0 Å². The van der Waals surface area contributed by atoms with Gasteiger partial charge in [-0.15, -0.1) is 0 Å². The first kappa shape index (κ1) is 14.4. The number of nitrogens with zero attached hydrogens (tertiary/aromatic N) is 2. The first-order chi connectivity index (χ1) is 9.70. The number of aromatic nitrogens is 1. The molecule has 1 aromatic heterocycles. The van der Waals surface area contributed by atoms with Gasteiger partial charge < -0.3 is 4.74 Å². The molecule has 0 aliphatic carbocycles. The second-order valence-electron chi connectivity index (χ2n) is 3.83. The standard InChI is InChI=1S/C14H12IN3O2/c1-20-13-3-2-11(8-12(13)15)14(19)18-17-9-10-4-6-16-7-5-10/h2-9H,1H3,(H,18,19)/b17-9+. The number of hydrogen-bond acceptors (Lipinski definition) is 4. The number of pyridine rings is 1. The highest BCUT2D eigenvalue weighted by molar-refractivity contribution is 14.1. The van der Waals surface area contributed by atoms with Crippen LogP contribution in [0.15, 0.2) is 47.8 Å². The molecular weight excluding hydrogens is 369 g/mol. The third kappa shape index (κ3) is 3.77. The summed E-state index contributed by atoms with van der Waals surface area (Å²) in [6, 6.07) is 8.79. The molecule has 0 aliphatic rings. The number of methoxy groups -OCH3 is 1. The third-order valence-corrected chi connectivity index (χ3v) is 3.34. The van der Waals surface area contributed by atoms with E-state index in [2.05, 4.69) is 38.1 Å². The molecule has 0 aliphatic heterocycles. The van der Waals surface area contributed by atoms with Crippen molar-refractivity contribution in [2.75, 3.05) is 7.11 Å². The smallest absolute Gasteiger partial charge is 0.271 e. The van der Waals surface area contributed by atoms with E-state index in [1.807, 2.05) is 0 Å². The van der Waals surface area contributed by atoms with Gasteiger partial charge in [-0.3, -0.25) is 9.78 Å². The molecule has 0 atom stereocenters. The Morgan fingerprint density at radius 3 is 2.75 bits per heavy atom. The molecule has 1 aromatic carbocycles. The van der Waals surface area contributed by atoms with E-state index in [4.69, 9.17) is 4.74 Å². The highest BCUT2D eigenvalue weighted by Crippen LogP contribution is 2.21. The molecule has 6 heteroatoms. The van der Waals surface area contributed by atoms with Crippen molar-refractivity contribution < 1.29 is 9.53 Å². The number of hydrogen-bond donors (Lipinski definition) is 1. The van der Waals surface area contributed by atoms with Crippen molar-refractivity contribution in [3.8, 4) is 5.75 Å². The Morgan fingerprint density at radius 2 is 2.10 bits per heavy atom. The summed E-state index contributed by atoms with van der Waals surface area (Å²) >= 11 is 2.12. The van der Waals surface area contributed by atoms with Crippen LogP contribution in [-0.2, 0) is 0 Å². The van der Waals surface area contributed by atoms with Gasteiger partial charge in [-0.2, -0.15) is 5.10 Å². The van der Waals surface area contributed by atoms with E-state index in [1.165, 1.54) is 0 Å². The maximum Gasteiger partial charge on any atom is 0.271 e. The molecule has 0 bridgehead atoms. The number of amides is 1. The SMILES string of the molecule is COc1ccc(C(=O)N/N=C/c2ccncc2)cc1I. The van der Waals surface area contributed by atoms with Crippen molar-refractivity contribution in [3.63, 3.8) is 0 Å². The van der Waals surface area contributed by atoms with E-state index in [9.17, 15) is 4.79 Å². The number of ether oxygens (including phenoxy) is 1. The predicted octanol–water partition coefficient (Wildman–Crippen LogP) is 2.46. The fourth-order valence-corrected chi connectivity index (χ4v) is 2.22. The molecule has 1 heterocycles. The van der Waals surface area contributed by atoms with Crippen molar-refractivity contribution >= 4 is 34.7 Å². The van der Waals surface area contributed by atoms with E-state index in [0.717, 1.165) is 14.9 Å². The molecule has 1 amide bonds. The fourth-order valence-electron chi connectivity index (χ4n) is 1.49. The van der Waals surface area contributed by atoms with Crippen LogP contribution >= 0.6 is 22.6 Å². The van der Waals surface area contributed by atoms with Crippen LogP contribution in [0.1, 0.15) is 15.9 Å². The lowest BCUT2D eigenvalue weighted by molar-refractivity contribution is 0.0955. The van der Waals surface area contributed by atoms with Crippen molar-refractivity contribution in [1.82, 2.24) is 10.4 Å². The Hall–Kier alpha value is -1.96. The van der Waals surface area contributed by atoms with Gasteiger partial charge in [0, 0.05) is 18.0 Å². The molecule has 0 fully saturated rings. The molecule has 0 unspecified atom stereocenters. The van der Waals surface area contributed by atoms with Crippen LogP contribution < -0.4 is 10.2 Å². The Balaban J connectivity index is 2.02. The largest absolute Gasteiger partial charge is 0.496 e. The highest BCUT2D eigenvalue weighted by Gasteiger charge is 2.07. The summed E-state index contributed by atoms with van der Waals surface area (Å²) in [5.74, 6) is 0.471. The zero-order valence-electron chi connectivity index (χ0n) is 10.7. The van der Waals surface area contributed by atoms with Crippen molar-refractivity contribution in [2.24, 2.45) is 5.10 Å². The lowest BCUT2D eigenvalue weighted by Crippen LogP contribution is -2.17. The predicted molar refractivity (Wildman–Crippen MR) is 85.0 cm³/mol. The number of hydrazone groups is 1. The molecule has 0 spiro atoms. The van der Waals surface area contributed by atoms with Crippen LogP contribution in [-0.4, -0.2) is 24.2 Å². The van der Waals surface area contributed by atoms with Crippen LogP contribution in [0.2, 0.25) is 0 Å². The Morgan fingerprint density at radius 1 is 1.35 bits per heavy atom. The van der Waals surface area contributed by atoms with E-state index >= 15 is 0 Å². The highest BCUT2D eigenvalue weighted by atomic mass is 127. The first-order valence-electron chi connectivity index (χ1n) is 5.77. The topological polar surface area (TPSA) is 63.6 Å². The third-order valence-electron chi connectivity index (χ3n) is 2.50. The summed E-state index contributed by atoms with van der Waals surface area (Å²) in [5.41, 5.74) is 3.87. The summed E-state index contributed by atoms with van der Waals surface area (Å²) in [4.78, 5) is 15.8. The number of rotatable bonds is 4. The van der Waals surface area contributed by atoms with Crippen LogP contribution in [0.5, 0.6) is 5.75 Å². The quantitative estimate of drug-likeness (QED) is 0.503. The zero-order chi connectivity index (χ0) is 14.4. The molecule has 0 saturated heterocycles. The van der Waals surface area contributed by atoms with Gasteiger partial charge in [-0.1, -0.05) is 0 Å². The Labute approximate surface area is 130 Å². The molecule has 0 saturated carbocycles. The van der Waals surface area contributed by atoms with E-state index in [1.54, 1.807) is 56.0 Å². The monoisotopic (exact) mass is 381 g/mol.